The fourth-order valence-electron chi connectivity index (χ4n) is 2.19. The topological polar surface area (TPSA) is 72.9 Å². The van der Waals surface area contributed by atoms with Crippen LogP contribution >= 0.6 is 0 Å². The minimum absolute atomic E-state index is 0.00664. The van der Waals surface area contributed by atoms with Crippen LogP contribution in [0.5, 0.6) is 0 Å². The van der Waals surface area contributed by atoms with Crippen molar-refractivity contribution in [3.8, 4) is 0 Å². The van der Waals surface area contributed by atoms with E-state index in [2.05, 4.69) is 0 Å². The SMILES string of the molecule is COC(=O)C1=C(C(=O)OC)N(c2ccc(F)cc2C=O)C=CC=C1. The average molecular weight is 331 g/mol. The molecule has 0 saturated carbocycles. The molecule has 1 aromatic rings. The Balaban J connectivity index is 2.72. The van der Waals surface area contributed by atoms with E-state index in [0.29, 0.717) is 6.29 Å². The van der Waals surface area contributed by atoms with E-state index in [-0.39, 0.29) is 22.5 Å². The molecule has 0 atom stereocenters. The zero-order chi connectivity index (χ0) is 17.7. The summed E-state index contributed by atoms with van der Waals surface area (Å²) in [5.41, 5.74) is 0.0138. The maximum absolute atomic E-state index is 13.4. The van der Waals surface area contributed by atoms with Gasteiger partial charge in [0.2, 0.25) is 0 Å². The summed E-state index contributed by atoms with van der Waals surface area (Å²) >= 11 is 0. The van der Waals surface area contributed by atoms with Crippen molar-refractivity contribution in [1.29, 1.82) is 0 Å². The summed E-state index contributed by atoms with van der Waals surface area (Å²) in [6.45, 7) is 0. The first-order valence-corrected chi connectivity index (χ1v) is 6.83. The van der Waals surface area contributed by atoms with Crippen molar-refractivity contribution in [2.45, 2.75) is 0 Å². The molecule has 1 aliphatic heterocycles. The van der Waals surface area contributed by atoms with Gasteiger partial charge in [0.05, 0.1) is 25.5 Å². The average Bonchev–Trinajstić information content (AvgIpc) is 2.82. The van der Waals surface area contributed by atoms with Crippen LogP contribution in [0, 0.1) is 5.82 Å². The lowest BCUT2D eigenvalue weighted by atomic mass is 10.1. The highest BCUT2D eigenvalue weighted by Gasteiger charge is 2.28. The van der Waals surface area contributed by atoms with Crippen LogP contribution in [0.2, 0.25) is 0 Å². The van der Waals surface area contributed by atoms with Gasteiger partial charge in [0.1, 0.15) is 11.5 Å². The van der Waals surface area contributed by atoms with Gasteiger partial charge in [-0.1, -0.05) is 6.08 Å². The van der Waals surface area contributed by atoms with Crippen LogP contribution in [0.4, 0.5) is 10.1 Å². The highest BCUT2D eigenvalue weighted by Crippen LogP contribution is 2.29. The quantitative estimate of drug-likeness (QED) is 0.622. The summed E-state index contributed by atoms with van der Waals surface area (Å²) in [7, 11) is 2.33. The van der Waals surface area contributed by atoms with Gasteiger partial charge in [0, 0.05) is 11.8 Å². The van der Waals surface area contributed by atoms with Crippen molar-refractivity contribution in [3.05, 3.63) is 65.3 Å². The third-order valence-corrected chi connectivity index (χ3v) is 3.27. The Morgan fingerprint density at radius 3 is 2.46 bits per heavy atom. The smallest absolute Gasteiger partial charge is 0.355 e. The lowest BCUT2D eigenvalue weighted by Crippen LogP contribution is -2.27. The Morgan fingerprint density at radius 1 is 1.12 bits per heavy atom. The number of nitrogens with zero attached hydrogens (tertiary/aromatic N) is 1. The lowest BCUT2D eigenvalue weighted by Gasteiger charge is -2.24. The lowest BCUT2D eigenvalue weighted by molar-refractivity contribution is -0.139. The molecular weight excluding hydrogens is 317 g/mol. The largest absolute Gasteiger partial charge is 0.465 e. The molecular formula is C17H14FNO5. The second-order valence-corrected chi connectivity index (χ2v) is 4.64. The molecule has 24 heavy (non-hydrogen) atoms. The molecule has 124 valence electrons. The molecule has 0 fully saturated rings. The number of hydrogen-bond donors (Lipinski definition) is 0. The van der Waals surface area contributed by atoms with Gasteiger partial charge < -0.3 is 14.4 Å². The number of carbonyl (C=O) groups is 3. The maximum atomic E-state index is 13.4. The number of rotatable bonds is 4. The molecule has 0 spiro atoms. The number of methoxy groups -OCH3 is 2. The molecule has 0 bridgehead atoms. The van der Waals surface area contributed by atoms with Gasteiger partial charge in [0.15, 0.2) is 6.29 Å². The van der Waals surface area contributed by atoms with Gasteiger partial charge in [0.25, 0.3) is 0 Å². The number of benzene rings is 1. The number of carbonyl (C=O) groups excluding carboxylic acids is 3. The number of anilines is 1. The number of allylic oxidation sites excluding steroid dienone is 2. The monoisotopic (exact) mass is 331 g/mol. The molecule has 0 unspecified atom stereocenters. The predicted molar refractivity (Wildman–Crippen MR) is 83.6 cm³/mol. The molecule has 0 N–H and O–H groups in total. The number of ether oxygens (including phenoxy) is 2. The summed E-state index contributed by atoms with van der Waals surface area (Å²) in [4.78, 5) is 36.8. The molecule has 0 radical (unpaired) electrons. The second kappa shape index (κ2) is 7.36. The van der Waals surface area contributed by atoms with Gasteiger partial charge in [-0.15, -0.1) is 0 Å². The fourth-order valence-corrected chi connectivity index (χ4v) is 2.19. The Kier molecular flexibility index (Phi) is 5.26. The van der Waals surface area contributed by atoms with Gasteiger partial charge >= 0.3 is 11.9 Å². The highest BCUT2D eigenvalue weighted by molar-refractivity contribution is 6.06. The second-order valence-electron chi connectivity index (χ2n) is 4.64. The minimum atomic E-state index is -0.812. The van der Waals surface area contributed by atoms with E-state index >= 15 is 0 Å². The summed E-state index contributed by atoms with van der Waals surface area (Å²) in [5, 5.41) is 0. The van der Waals surface area contributed by atoms with E-state index < -0.39 is 17.8 Å². The van der Waals surface area contributed by atoms with Crippen LogP contribution in [0.25, 0.3) is 0 Å². The standard InChI is InChI=1S/C17H14FNO5/c1-23-16(21)13-5-3-4-8-19(15(13)17(22)24-2)14-7-6-12(18)9-11(14)10-20/h3-10H,1-2H3. The van der Waals surface area contributed by atoms with E-state index in [1.807, 2.05) is 0 Å². The number of esters is 2. The summed E-state index contributed by atoms with van der Waals surface area (Å²) in [5.74, 6) is -2.17. The summed E-state index contributed by atoms with van der Waals surface area (Å²) in [6, 6.07) is 3.50. The third-order valence-electron chi connectivity index (χ3n) is 3.27. The predicted octanol–water partition coefficient (Wildman–Crippen LogP) is 2.13. The Bertz CT molecular complexity index is 779. The van der Waals surface area contributed by atoms with Crippen molar-refractivity contribution < 1.29 is 28.2 Å². The van der Waals surface area contributed by atoms with Crippen molar-refractivity contribution >= 4 is 23.9 Å². The van der Waals surface area contributed by atoms with Crippen LogP contribution in [-0.4, -0.2) is 32.4 Å². The van der Waals surface area contributed by atoms with E-state index in [0.717, 1.165) is 19.2 Å². The van der Waals surface area contributed by atoms with Crippen molar-refractivity contribution in [1.82, 2.24) is 0 Å². The first-order valence-electron chi connectivity index (χ1n) is 6.83. The number of aldehydes is 1. The first-order chi connectivity index (χ1) is 11.5. The molecule has 6 nitrogen and oxygen atoms in total. The zero-order valence-electron chi connectivity index (χ0n) is 13.0. The normalized spacial score (nSPS) is 13.5. The van der Waals surface area contributed by atoms with Crippen LogP contribution in [-0.2, 0) is 19.1 Å². The van der Waals surface area contributed by atoms with E-state index in [1.165, 1.54) is 36.4 Å². The Labute approximate surface area is 137 Å². The molecule has 2 rings (SSSR count). The molecule has 1 heterocycles. The van der Waals surface area contributed by atoms with Gasteiger partial charge in [-0.3, -0.25) is 4.79 Å². The van der Waals surface area contributed by atoms with Gasteiger partial charge in [-0.2, -0.15) is 0 Å². The number of halogens is 1. The summed E-state index contributed by atoms with van der Waals surface area (Å²) < 4.78 is 22.8. The fraction of sp³-hybridized carbons (Fsp3) is 0.118. The number of hydrogen-bond acceptors (Lipinski definition) is 6. The van der Waals surface area contributed by atoms with Crippen molar-refractivity contribution in [2.75, 3.05) is 19.1 Å². The van der Waals surface area contributed by atoms with Crippen LogP contribution in [0.15, 0.2) is 53.9 Å². The highest BCUT2D eigenvalue weighted by atomic mass is 19.1. The van der Waals surface area contributed by atoms with E-state index in [9.17, 15) is 18.8 Å². The third kappa shape index (κ3) is 3.24. The van der Waals surface area contributed by atoms with E-state index in [4.69, 9.17) is 9.47 Å². The Hall–Kier alpha value is -3.22. The van der Waals surface area contributed by atoms with Gasteiger partial charge in [-0.25, -0.2) is 14.0 Å². The summed E-state index contributed by atoms with van der Waals surface area (Å²) in [6.07, 6.45) is 6.38. The van der Waals surface area contributed by atoms with Crippen LogP contribution < -0.4 is 4.90 Å². The van der Waals surface area contributed by atoms with Crippen molar-refractivity contribution in [3.63, 3.8) is 0 Å². The minimum Gasteiger partial charge on any atom is -0.465 e. The molecule has 0 aliphatic carbocycles. The van der Waals surface area contributed by atoms with Crippen LogP contribution in [0.3, 0.4) is 0 Å². The molecule has 0 aromatic heterocycles. The molecule has 7 heteroatoms. The van der Waals surface area contributed by atoms with E-state index in [1.54, 1.807) is 6.08 Å². The molecule has 1 aromatic carbocycles. The molecule has 0 saturated heterocycles. The Morgan fingerprint density at radius 2 is 1.83 bits per heavy atom. The first kappa shape index (κ1) is 17.1. The van der Waals surface area contributed by atoms with Gasteiger partial charge in [-0.05, 0) is 30.4 Å². The molecule has 1 aliphatic rings. The zero-order valence-corrected chi connectivity index (χ0v) is 13.0. The van der Waals surface area contributed by atoms with Crippen molar-refractivity contribution in [2.24, 2.45) is 0 Å². The molecule has 0 amide bonds. The van der Waals surface area contributed by atoms with Crippen LogP contribution in [0.1, 0.15) is 10.4 Å². The maximum Gasteiger partial charge on any atom is 0.355 e.